The summed E-state index contributed by atoms with van der Waals surface area (Å²) >= 11 is 0. The van der Waals surface area contributed by atoms with Crippen molar-refractivity contribution in [3.05, 3.63) is 84.9 Å². The molecule has 2 nitrogen and oxygen atoms in total. The zero-order valence-corrected chi connectivity index (χ0v) is 18.2. The molecule has 0 saturated carbocycles. The fourth-order valence-electron chi connectivity index (χ4n) is 3.27. The van der Waals surface area contributed by atoms with Crippen LogP contribution in [0.5, 0.6) is 0 Å². The van der Waals surface area contributed by atoms with E-state index in [1.165, 1.54) is 21.1 Å². The van der Waals surface area contributed by atoms with Gasteiger partial charge in [0.15, 0.2) is 0 Å². The molecule has 0 radical (unpaired) electrons. The molecule has 0 amide bonds. The van der Waals surface area contributed by atoms with Crippen LogP contribution < -0.4 is 21.1 Å². The summed E-state index contributed by atoms with van der Waals surface area (Å²) in [4.78, 5) is 0. The van der Waals surface area contributed by atoms with Gasteiger partial charge in [-0.1, -0.05) is 84.9 Å². The van der Waals surface area contributed by atoms with Crippen molar-refractivity contribution < 1.29 is 8.85 Å². The third-order valence-corrected chi connectivity index (χ3v) is 10.0. The van der Waals surface area contributed by atoms with Gasteiger partial charge in [0, 0.05) is 13.2 Å². The Hall–Kier alpha value is -1.77. The molecule has 0 aliphatic rings. The van der Waals surface area contributed by atoms with Gasteiger partial charge in [-0.15, -0.1) is 0 Å². The Morgan fingerprint density at radius 2 is 1.04 bits per heavy atom. The zero-order chi connectivity index (χ0) is 19.1. The van der Waals surface area contributed by atoms with E-state index >= 15 is 0 Å². The number of hydrogen-bond donors (Lipinski definition) is 0. The first-order chi connectivity index (χ1) is 13.2. The molecule has 0 bridgehead atoms. The predicted octanol–water partition coefficient (Wildman–Crippen LogP) is 3.80. The van der Waals surface area contributed by atoms with Crippen molar-refractivity contribution in [2.24, 2.45) is 0 Å². The molecule has 0 unspecified atom stereocenters. The summed E-state index contributed by atoms with van der Waals surface area (Å²) in [6.07, 6.45) is 0. The van der Waals surface area contributed by atoms with Gasteiger partial charge in [-0.05, 0) is 49.4 Å². The van der Waals surface area contributed by atoms with E-state index in [1.807, 2.05) is 13.8 Å². The molecule has 4 heteroatoms. The van der Waals surface area contributed by atoms with E-state index in [1.54, 1.807) is 0 Å². The van der Waals surface area contributed by atoms with Crippen molar-refractivity contribution >= 4 is 37.6 Å². The normalized spacial score (nSPS) is 11.7. The van der Waals surface area contributed by atoms with Crippen LogP contribution >= 0.6 is 7.92 Å². The first-order valence-electron chi connectivity index (χ1n) is 9.46. The van der Waals surface area contributed by atoms with Crippen molar-refractivity contribution in [3.8, 4) is 0 Å². The maximum atomic E-state index is 6.05. The van der Waals surface area contributed by atoms with Gasteiger partial charge in [-0.25, -0.2) is 0 Å². The second-order valence-corrected chi connectivity index (χ2v) is 11.6. The van der Waals surface area contributed by atoms with Crippen molar-refractivity contribution in [3.63, 3.8) is 0 Å². The molecular formula is C23H27O2PSi. The van der Waals surface area contributed by atoms with Crippen LogP contribution in [0, 0.1) is 0 Å². The fourth-order valence-corrected chi connectivity index (χ4v) is 7.85. The number of hydrogen-bond acceptors (Lipinski definition) is 2. The monoisotopic (exact) mass is 394 g/mol. The Morgan fingerprint density at radius 3 is 1.44 bits per heavy atom. The minimum atomic E-state index is -2.33. The Bertz CT molecular complexity index is 777. The Morgan fingerprint density at radius 1 is 0.630 bits per heavy atom. The first kappa shape index (κ1) is 20.0. The third kappa shape index (κ3) is 4.74. The third-order valence-electron chi connectivity index (χ3n) is 4.52. The molecule has 0 aromatic heterocycles. The average Bonchev–Trinajstić information content (AvgIpc) is 2.71. The minimum Gasteiger partial charge on any atom is -0.391 e. The Labute approximate surface area is 165 Å². The molecule has 0 aliphatic heterocycles. The summed E-state index contributed by atoms with van der Waals surface area (Å²) in [5.74, 6) is 0. The molecule has 0 heterocycles. The van der Waals surface area contributed by atoms with Crippen molar-refractivity contribution in [2.45, 2.75) is 20.4 Å². The van der Waals surface area contributed by atoms with Gasteiger partial charge in [0.05, 0.1) is 0 Å². The molecule has 0 saturated heterocycles. The molecule has 0 aliphatic carbocycles. The van der Waals surface area contributed by atoms with Crippen LogP contribution in [0.1, 0.15) is 13.8 Å². The summed E-state index contributed by atoms with van der Waals surface area (Å²) in [7, 11) is -2.91. The van der Waals surface area contributed by atoms with E-state index in [4.69, 9.17) is 8.85 Å². The lowest BCUT2D eigenvalue weighted by molar-refractivity contribution is 0.202. The highest BCUT2D eigenvalue weighted by molar-refractivity contribution is 7.79. The van der Waals surface area contributed by atoms with Crippen molar-refractivity contribution in [2.75, 3.05) is 13.2 Å². The largest absolute Gasteiger partial charge is 0.391 e. The van der Waals surface area contributed by atoms with E-state index in [0.29, 0.717) is 13.2 Å². The minimum absolute atomic E-state index is 0.576. The van der Waals surface area contributed by atoms with Gasteiger partial charge in [0.1, 0.15) is 0 Å². The summed E-state index contributed by atoms with van der Waals surface area (Å²) < 4.78 is 12.1. The van der Waals surface area contributed by atoms with E-state index in [9.17, 15) is 0 Å². The van der Waals surface area contributed by atoms with E-state index in [-0.39, 0.29) is 0 Å². The maximum Gasteiger partial charge on any atom is 0.369 e. The Kier molecular flexibility index (Phi) is 6.98. The highest BCUT2D eigenvalue weighted by Crippen LogP contribution is 2.32. The topological polar surface area (TPSA) is 18.5 Å². The number of rotatable bonds is 8. The molecule has 3 aromatic rings. The van der Waals surface area contributed by atoms with Crippen LogP contribution in [0.25, 0.3) is 0 Å². The molecule has 27 heavy (non-hydrogen) atoms. The maximum absolute atomic E-state index is 6.05. The lowest BCUT2D eigenvalue weighted by Crippen LogP contribution is -2.51. The van der Waals surface area contributed by atoms with Crippen molar-refractivity contribution in [1.29, 1.82) is 0 Å². The quantitative estimate of drug-likeness (QED) is 0.427. The fraction of sp³-hybridized carbons (Fsp3) is 0.217. The lowest BCUT2D eigenvalue weighted by Gasteiger charge is -2.27. The highest BCUT2D eigenvalue weighted by atomic mass is 31.1. The van der Waals surface area contributed by atoms with Crippen LogP contribution in [-0.4, -0.2) is 21.8 Å². The molecule has 3 rings (SSSR count). The van der Waals surface area contributed by atoms with Gasteiger partial charge < -0.3 is 8.85 Å². The van der Waals surface area contributed by atoms with E-state index in [0.717, 1.165) is 0 Å². The van der Waals surface area contributed by atoms with Gasteiger partial charge >= 0.3 is 8.56 Å². The SMILES string of the molecule is CCO[Si](C)(OCC)c1ccc(P(c2ccccc2)c2ccccc2)cc1. The second kappa shape index (κ2) is 9.43. The lowest BCUT2D eigenvalue weighted by atomic mass is 10.3. The Balaban J connectivity index is 1.99. The molecule has 3 aromatic carbocycles. The predicted molar refractivity (Wildman–Crippen MR) is 120 cm³/mol. The van der Waals surface area contributed by atoms with E-state index < -0.39 is 16.5 Å². The van der Waals surface area contributed by atoms with Gasteiger partial charge in [0.2, 0.25) is 0 Å². The smallest absolute Gasteiger partial charge is 0.369 e. The van der Waals surface area contributed by atoms with Gasteiger partial charge in [-0.3, -0.25) is 0 Å². The molecule has 140 valence electrons. The average molecular weight is 395 g/mol. The van der Waals surface area contributed by atoms with Gasteiger partial charge in [-0.2, -0.15) is 0 Å². The van der Waals surface area contributed by atoms with Crippen LogP contribution in [0.2, 0.25) is 6.55 Å². The summed E-state index contributed by atoms with van der Waals surface area (Å²) in [6, 6.07) is 30.5. The summed E-state index contributed by atoms with van der Waals surface area (Å²) in [6.45, 7) is 7.54. The molecule has 0 fully saturated rings. The standard InChI is InChI=1S/C23H27O2PSi/c1-4-24-27(3,25-5-2)23-18-16-22(17-19-23)26(20-12-8-6-9-13-20)21-14-10-7-11-15-21/h6-19H,4-5H2,1-3H3. The summed E-state index contributed by atoms with van der Waals surface area (Å²) in [5.41, 5.74) is 0. The molecular weight excluding hydrogens is 367 g/mol. The molecule has 0 atom stereocenters. The summed E-state index contributed by atoms with van der Waals surface area (Å²) in [5, 5.41) is 5.25. The molecule has 0 N–H and O–H groups in total. The van der Waals surface area contributed by atoms with Crippen molar-refractivity contribution in [1.82, 2.24) is 0 Å². The zero-order valence-electron chi connectivity index (χ0n) is 16.3. The number of benzene rings is 3. The highest BCUT2D eigenvalue weighted by Gasteiger charge is 2.33. The van der Waals surface area contributed by atoms with Gasteiger partial charge in [0.25, 0.3) is 0 Å². The van der Waals surface area contributed by atoms with Crippen LogP contribution in [0.3, 0.4) is 0 Å². The van der Waals surface area contributed by atoms with Crippen LogP contribution in [0.15, 0.2) is 84.9 Å². The first-order valence-corrected chi connectivity index (χ1v) is 13.1. The second-order valence-electron chi connectivity index (χ2n) is 6.37. The molecule has 0 spiro atoms. The van der Waals surface area contributed by atoms with E-state index in [2.05, 4.69) is 91.5 Å². The van der Waals surface area contributed by atoms with Crippen LogP contribution in [0.4, 0.5) is 0 Å². The van der Waals surface area contributed by atoms with Crippen LogP contribution in [-0.2, 0) is 8.85 Å².